The third kappa shape index (κ3) is 5.48. The third-order valence-electron chi connectivity index (χ3n) is 6.79. The standard InChI is InChI=1S/C31H28N2O4S2/c1-21-22(2)38-27(32(21)18-19-37-20-34)14-4-3-5-15-28-33(17-16-29(35)36)30-25-12-8-6-10-23(25)24-11-7-9-13-26(24)31(30)39-28/h3-15,20H,16-19H2,1-2H3/p+1. The molecule has 39 heavy (non-hydrogen) atoms. The Morgan fingerprint density at radius 2 is 1.69 bits per heavy atom. The van der Waals surface area contributed by atoms with E-state index < -0.39 is 5.97 Å². The lowest BCUT2D eigenvalue weighted by molar-refractivity contribution is -0.700. The van der Waals surface area contributed by atoms with Crippen molar-refractivity contribution in [1.29, 1.82) is 0 Å². The van der Waals surface area contributed by atoms with Crippen LogP contribution in [0.1, 0.15) is 22.0 Å². The molecule has 0 unspecified atom stereocenters. The Kier molecular flexibility index (Phi) is 8.14. The molecule has 1 aliphatic rings. The molecule has 0 fully saturated rings. The number of carboxylic acids is 1. The molecule has 1 aliphatic heterocycles. The highest BCUT2D eigenvalue weighted by molar-refractivity contribution is 8.04. The number of thioether (sulfide) groups is 1. The summed E-state index contributed by atoms with van der Waals surface area (Å²) in [7, 11) is 0. The minimum absolute atomic E-state index is 0.0486. The Bertz CT molecular complexity index is 1650. The van der Waals surface area contributed by atoms with E-state index >= 15 is 0 Å². The lowest BCUT2D eigenvalue weighted by Crippen LogP contribution is -2.39. The highest BCUT2D eigenvalue weighted by Crippen LogP contribution is 2.53. The van der Waals surface area contributed by atoms with Gasteiger partial charge in [0.15, 0.2) is 12.2 Å². The number of nitrogens with zero attached hydrogens (tertiary/aromatic N) is 2. The lowest BCUT2D eigenvalue weighted by atomic mass is 9.99. The molecule has 2 heterocycles. The normalized spacial score (nSPS) is 14.3. The molecule has 0 saturated carbocycles. The number of carbonyl (C=O) groups excluding carboxylic acids is 1. The minimum atomic E-state index is -0.815. The van der Waals surface area contributed by atoms with Crippen molar-refractivity contribution in [1.82, 2.24) is 0 Å². The van der Waals surface area contributed by atoms with Crippen molar-refractivity contribution in [2.75, 3.05) is 18.1 Å². The number of ether oxygens (including phenoxy) is 1. The van der Waals surface area contributed by atoms with Crippen LogP contribution in [0.15, 0.2) is 82.8 Å². The third-order valence-corrected chi connectivity index (χ3v) is 9.14. The van der Waals surface area contributed by atoms with Gasteiger partial charge in [0, 0.05) is 29.8 Å². The summed E-state index contributed by atoms with van der Waals surface area (Å²) < 4.78 is 7.05. The first-order valence-electron chi connectivity index (χ1n) is 12.7. The van der Waals surface area contributed by atoms with Crippen LogP contribution in [0.25, 0.3) is 27.6 Å². The maximum atomic E-state index is 11.5. The molecule has 0 spiro atoms. The van der Waals surface area contributed by atoms with Crippen LogP contribution in [-0.4, -0.2) is 30.7 Å². The monoisotopic (exact) mass is 557 g/mol. The molecule has 6 nitrogen and oxygen atoms in total. The van der Waals surface area contributed by atoms with Gasteiger partial charge in [-0.1, -0.05) is 89.9 Å². The van der Waals surface area contributed by atoms with E-state index in [1.54, 1.807) is 23.1 Å². The highest BCUT2D eigenvalue weighted by Gasteiger charge is 2.29. The van der Waals surface area contributed by atoms with Gasteiger partial charge < -0.3 is 14.7 Å². The summed E-state index contributed by atoms with van der Waals surface area (Å²) in [5, 5.41) is 16.2. The Morgan fingerprint density at radius 3 is 2.41 bits per heavy atom. The maximum Gasteiger partial charge on any atom is 0.305 e. The number of fused-ring (bicyclic) bond motifs is 6. The molecular formula is C31H29N2O4S2+. The molecule has 8 heteroatoms. The van der Waals surface area contributed by atoms with Gasteiger partial charge >= 0.3 is 5.97 Å². The van der Waals surface area contributed by atoms with Crippen LogP contribution in [0.2, 0.25) is 0 Å². The molecule has 4 aromatic rings. The molecular weight excluding hydrogens is 528 g/mol. The number of rotatable bonds is 10. The quantitative estimate of drug-likeness (QED) is 0.0776. The lowest BCUT2D eigenvalue weighted by Gasteiger charge is -2.21. The van der Waals surface area contributed by atoms with E-state index in [1.165, 1.54) is 21.0 Å². The second kappa shape index (κ2) is 11.9. The number of aromatic nitrogens is 1. The number of benzene rings is 3. The van der Waals surface area contributed by atoms with Crippen LogP contribution in [-0.2, 0) is 20.9 Å². The average Bonchev–Trinajstić information content (AvgIpc) is 3.44. The molecule has 198 valence electrons. The van der Waals surface area contributed by atoms with Gasteiger partial charge in [-0.05, 0) is 29.2 Å². The number of hydrogen-bond acceptors (Lipinski definition) is 6. The fourth-order valence-electron chi connectivity index (χ4n) is 4.86. The van der Waals surface area contributed by atoms with Gasteiger partial charge in [-0.3, -0.25) is 9.59 Å². The predicted molar refractivity (Wildman–Crippen MR) is 159 cm³/mol. The number of aryl methyl sites for hydroxylation is 1. The summed E-state index contributed by atoms with van der Waals surface area (Å²) in [6.07, 6.45) is 10.1. The molecule has 0 amide bonds. The Hall–Kier alpha value is -3.88. The number of hydrogen-bond donors (Lipinski definition) is 1. The summed E-state index contributed by atoms with van der Waals surface area (Å²) in [6.45, 7) is 5.97. The van der Waals surface area contributed by atoms with Crippen LogP contribution in [0, 0.1) is 13.8 Å². The number of allylic oxidation sites excluding steroid dienone is 4. The molecule has 5 rings (SSSR count). The van der Waals surface area contributed by atoms with Crippen molar-refractivity contribution in [2.45, 2.75) is 31.7 Å². The summed E-state index contributed by atoms with van der Waals surface area (Å²) in [6, 6.07) is 16.7. The van der Waals surface area contributed by atoms with E-state index in [-0.39, 0.29) is 6.42 Å². The van der Waals surface area contributed by atoms with Crippen molar-refractivity contribution in [3.63, 3.8) is 0 Å². The van der Waals surface area contributed by atoms with Crippen molar-refractivity contribution < 1.29 is 24.0 Å². The van der Waals surface area contributed by atoms with Crippen LogP contribution in [0.3, 0.4) is 0 Å². The highest BCUT2D eigenvalue weighted by atomic mass is 32.2. The Balaban J connectivity index is 1.46. The van der Waals surface area contributed by atoms with Gasteiger partial charge in [-0.2, -0.15) is 4.57 Å². The zero-order chi connectivity index (χ0) is 27.4. The molecule has 1 aromatic heterocycles. The van der Waals surface area contributed by atoms with Crippen molar-refractivity contribution in [3.05, 3.63) is 93.4 Å². The first-order valence-corrected chi connectivity index (χ1v) is 14.3. The zero-order valence-electron chi connectivity index (χ0n) is 21.8. The van der Waals surface area contributed by atoms with Crippen LogP contribution >= 0.6 is 23.1 Å². The minimum Gasteiger partial charge on any atom is -0.481 e. The molecule has 0 bridgehead atoms. The van der Waals surface area contributed by atoms with Crippen LogP contribution < -0.4 is 9.47 Å². The largest absolute Gasteiger partial charge is 0.481 e. The smallest absolute Gasteiger partial charge is 0.305 e. The van der Waals surface area contributed by atoms with Gasteiger partial charge in [0.2, 0.25) is 0 Å². The molecule has 0 aliphatic carbocycles. The maximum absolute atomic E-state index is 11.5. The molecule has 3 aromatic carbocycles. The van der Waals surface area contributed by atoms with Crippen molar-refractivity contribution in [2.24, 2.45) is 0 Å². The van der Waals surface area contributed by atoms with E-state index in [9.17, 15) is 14.7 Å². The van der Waals surface area contributed by atoms with E-state index in [1.807, 2.05) is 30.4 Å². The van der Waals surface area contributed by atoms with Gasteiger partial charge in [0.05, 0.1) is 22.0 Å². The Labute approximate surface area is 235 Å². The summed E-state index contributed by atoms with van der Waals surface area (Å²) in [5.74, 6) is -0.815. The number of thiazole rings is 1. The van der Waals surface area contributed by atoms with Gasteiger partial charge in [-0.25, -0.2) is 0 Å². The first-order chi connectivity index (χ1) is 19.0. The molecule has 0 saturated heterocycles. The van der Waals surface area contributed by atoms with E-state index in [2.05, 4.69) is 71.9 Å². The number of aliphatic carboxylic acids is 1. The molecule has 0 atom stereocenters. The van der Waals surface area contributed by atoms with Crippen LogP contribution in [0.5, 0.6) is 0 Å². The summed E-state index contributed by atoms with van der Waals surface area (Å²) in [4.78, 5) is 26.6. The van der Waals surface area contributed by atoms with Gasteiger partial charge in [0.1, 0.15) is 6.61 Å². The van der Waals surface area contributed by atoms with E-state index in [0.717, 1.165) is 31.7 Å². The first kappa shape index (κ1) is 26.7. The fraction of sp³-hybridized carbons (Fsp3) is 0.194. The van der Waals surface area contributed by atoms with Crippen molar-refractivity contribution in [3.8, 4) is 0 Å². The zero-order valence-corrected chi connectivity index (χ0v) is 23.4. The van der Waals surface area contributed by atoms with Gasteiger partial charge in [-0.15, -0.1) is 0 Å². The second-order valence-corrected chi connectivity index (χ2v) is 11.4. The fourth-order valence-corrected chi connectivity index (χ4v) is 7.17. The summed E-state index contributed by atoms with van der Waals surface area (Å²) >= 11 is 3.39. The van der Waals surface area contributed by atoms with Crippen molar-refractivity contribution >= 4 is 68.8 Å². The average molecular weight is 558 g/mol. The molecule has 0 radical (unpaired) electrons. The summed E-state index contributed by atoms with van der Waals surface area (Å²) in [5.41, 5.74) is 2.24. The topological polar surface area (TPSA) is 70.7 Å². The predicted octanol–water partition coefficient (Wildman–Crippen LogP) is 6.63. The number of anilines is 1. The second-order valence-electron chi connectivity index (χ2n) is 9.12. The van der Waals surface area contributed by atoms with Crippen LogP contribution in [0.4, 0.5) is 5.69 Å². The van der Waals surface area contributed by atoms with E-state index in [0.29, 0.717) is 26.2 Å². The number of carbonyl (C=O) groups is 2. The number of carboxylic acid groups (broad SMARTS) is 1. The Morgan fingerprint density at radius 1 is 1.00 bits per heavy atom. The molecule has 1 N–H and O–H groups in total. The SMILES string of the molecule is Cc1sc(C=CC=CC=C2Sc3c(c4ccccc4c4ccccc34)N2CCC(=O)O)[n+](CCOC=O)c1C. The van der Waals surface area contributed by atoms with Gasteiger partial charge in [0.25, 0.3) is 11.5 Å². The van der Waals surface area contributed by atoms with E-state index in [4.69, 9.17) is 4.74 Å².